The molecule has 4 nitrogen and oxygen atoms in total. The average Bonchev–Trinajstić information content (AvgIpc) is 2.78. The molecule has 1 heterocycles. The van der Waals surface area contributed by atoms with Gasteiger partial charge in [-0.15, -0.1) is 0 Å². The number of rotatable bonds is 4. The molecule has 1 aromatic heterocycles. The highest BCUT2D eigenvalue weighted by Crippen LogP contribution is 2.42. The number of methoxy groups -OCH3 is 1. The van der Waals surface area contributed by atoms with Gasteiger partial charge < -0.3 is 14.3 Å². The van der Waals surface area contributed by atoms with Crippen molar-refractivity contribution in [3.05, 3.63) is 93.3 Å². The first kappa shape index (κ1) is 24.2. The van der Waals surface area contributed by atoms with Gasteiger partial charge >= 0.3 is 18.0 Å². The summed E-state index contributed by atoms with van der Waals surface area (Å²) >= 11 is 0. The maximum Gasteiger partial charge on any atom is 0.417 e. The number of fused-ring (bicyclic) bond motifs is 1. The number of phenols is 1. The molecule has 0 saturated heterocycles. The zero-order valence-corrected chi connectivity index (χ0v) is 17.9. The van der Waals surface area contributed by atoms with Crippen LogP contribution in [0.25, 0.3) is 22.1 Å². The molecule has 0 fully saturated rings. The van der Waals surface area contributed by atoms with Crippen LogP contribution < -0.4 is 10.4 Å². The first-order valence-electron chi connectivity index (χ1n) is 10.1. The molecule has 3 aromatic carbocycles. The Hall–Kier alpha value is -3.95. The lowest BCUT2D eigenvalue weighted by molar-refractivity contribution is -0.142. The number of halogens is 6. The summed E-state index contributed by atoms with van der Waals surface area (Å²) in [4.78, 5) is 13.0. The molecule has 4 aromatic rings. The van der Waals surface area contributed by atoms with Crippen molar-refractivity contribution in [1.82, 2.24) is 0 Å². The summed E-state index contributed by atoms with van der Waals surface area (Å²) in [6, 6.07) is 11.3. The second-order valence-electron chi connectivity index (χ2n) is 7.70. The molecule has 0 amide bonds. The van der Waals surface area contributed by atoms with Crippen LogP contribution in [0.5, 0.6) is 11.5 Å². The van der Waals surface area contributed by atoms with E-state index in [-0.39, 0.29) is 34.8 Å². The van der Waals surface area contributed by atoms with Gasteiger partial charge in [-0.2, -0.15) is 26.3 Å². The molecule has 182 valence electrons. The third kappa shape index (κ3) is 4.82. The fourth-order valence-electron chi connectivity index (χ4n) is 3.82. The highest BCUT2D eigenvalue weighted by molar-refractivity contribution is 5.89. The molecule has 4 rings (SSSR count). The summed E-state index contributed by atoms with van der Waals surface area (Å²) < 4.78 is 91.6. The minimum absolute atomic E-state index is 0.0165. The summed E-state index contributed by atoms with van der Waals surface area (Å²) in [5.74, 6) is 0.285. The number of hydrogen-bond acceptors (Lipinski definition) is 4. The van der Waals surface area contributed by atoms with E-state index in [0.29, 0.717) is 23.4 Å². The molecule has 0 aliphatic carbocycles. The van der Waals surface area contributed by atoms with Crippen molar-refractivity contribution in [2.45, 2.75) is 18.8 Å². The van der Waals surface area contributed by atoms with Crippen LogP contribution in [-0.4, -0.2) is 12.2 Å². The quantitative estimate of drug-likeness (QED) is 0.250. The topological polar surface area (TPSA) is 59.7 Å². The van der Waals surface area contributed by atoms with E-state index < -0.39 is 40.2 Å². The van der Waals surface area contributed by atoms with E-state index in [4.69, 9.17) is 9.15 Å². The molecular weight excluding hydrogens is 478 g/mol. The van der Waals surface area contributed by atoms with Gasteiger partial charge in [-0.3, -0.25) is 0 Å². The van der Waals surface area contributed by atoms with Crippen molar-refractivity contribution in [3.63, 3.8) is 0 Å². The van der Waals surface area contributed by atoms with Gasteiger partial charge in [0, 0.05) is 17.0 Å². The van der Waals surface area contributed by atoms with Gasteiger partial charge in [0.15, 0.2) is 0 Å². The largest absolute Gasteiger partial charge is 0.508 e. The van der Waals surface area contributed by atoms with Crippen molar-refractivity contribution < 1.29 is 40.6 Å². The normalized spacial score (nSPS) is 12.2. The first-order valence-corrected chi connectivity index (χ1v) is 10.1. The molecule has 1 N–H and O–H groups in total. The Morgan fingerprint density at radius 3 is 2.17 bits per heavy atom. The van der Waals surface area contributed by atoms with Gasteiger partial charge in [-0.05, 0) is 53.9 Å². The summed E-state index contributed by atoms with van der Waals surface area (Å²) in [5.41, 5.74) is -4.80. The van der Waals surface area contributed by atoms with E-state index in [9.17, 15) is 36.2 Å². The van der Waals surface area contributed by atoms with E-state index in [0.717, 1.165) is 0 Å². The Labute approximate surface area is 194 Å². The van der Waals surface area contributed by atoms with E-state index in [1.54, 1.807) is 0 Å². The monoisotopic (exact) mass is 494 g/mol. The molecule has 0 spiro atoms. The van der Waals surface area contributed by atoms with Crippen LogP contribution >= 0.6 is 0 Å². The standard InChI is InChI=1S/C25H16F6O4/c1-34-16-7-9-17-19(10-13-2-5-15(32)6-3-13)22(23(33)35-21(17)12-16)18-8-4-14(24(26,27)28)11-20(18)25(29,30)31/h2-9,11-12,32H,10H2,1H3. The molecule has 0 saturated carbocycles. The van der Waals surface area contributed by atoms with Crippen molar-refractivity contribution in [1.29, 1.82) is 0 Å². The van der Waals surface area contributed by atoms with Crippen molar-refractivity contribution in [3.8, 4) is 22.6 Å². The highest BCUT2D eigenvalue weighted by Gasteiger charge is 2.39. The van der Waals surface area contributed by atoms with Gasteiger partial charge in [-0.1, -0.05) is 18.2 Å². The van der Waals surface area contributed by atoms with Crippen molar-refractivity contribution >= 4 is 11.0 Å². The number of ether oxygens (including phenoxy) is 1. The summed E-state index contributed by atoms with van der Waals surface area (Å²) in [5, 5.41) is 9.83. The molecule has 0 aliphatic rings. The van der Waals surface area contributed by atoms with Gasteiger partial charge in [0.2, 0.25) is 0 Å². The SMILES string of the molecule is COc1ccc2c(Cc3ccc(O)cc3)c(-c3ccc(C(F)(F)F)cc3C(F)(F)F)c(=O)oc2c1. The van der Waals surface area contributed by atoms with Crippen LogP contribution in [0.4, 0.5) is 26.3 Å². The second kappa shape index (κ2) is 8.68. The average molecular weight is 494 g/mol. The van der Waals surface area contributed by atoms with Crippen LogP contribution in [0.15, 0.2) is 69.9 Å². The summed E-state index contributed by atoms with van der Waals surface area (Å²) in [6.07, 6.45) is -10.3. The lowest BCUT2D eigenvalue weighted by Gasteiger charge is -2.18. The molecule has 35 heavy (non-hydrogen) atoms. The molecule has 10 heteroatoms. The number of benzene rings is 3. The van der Waals surface area contributed by atoms with Gasteiger partial charge in [0.25, 0.3) is 0 Å². The smallest absolute Gasteiger partial charge is 0.417 e. The predicted molar refractivity (Wildman–Crippen MR) is 115 cm³/mol. The van der Waals surface area contributed by atoms with Crippen LogP contribution in [0.2, 0.25) is 0 Å². The van der Waals surface area contributed by atoms with Crippen molar-refractivity contribution in [2.75, 3.05) is 7.11 Å². The van der Waals surface area contributed by atoms with E-state index >= 15 is 0 Å². The Balaban J connectivity index is 2.06. The van der Waals surface area contributed by atoms with Crippen LogP contribution in [0.3, 0.4) is 0 Å². The highest BCUT2D eigenvalue weighted by atomic mass is 19.4. The fourth-order valence-corrected chi connectivity index (χ4v) is 3.82. The van der Waals surface area contributed by atoms with Gasteiger partial charge in [-0.25, -0.2) is 4.79 Å². The number of phenolic OH excluding ortho intramolecular Hbond substituents is 1. The minimum atomic E-state index is -5.19. The molecule has 0 bridgehead atoms. The Bertz CT molecular complexity index is 1450. The second-order valence-corrected chi connectivity index (χ2v) is 7.70. The number of aromatic hydroxyl groups is 1. The third-order valence-electron chi connectivity index (χ3n) is 5.46. The van der Waals surface area contributed by atoms with Crippen molar-refractivity contribution in [2.24, 2.45) is 0 Å². The lowest BCUT2D eigenvalue weighted by atomic mass is 9.90. The fraction of sp³-hybridized carbons (Fsp3) is 0.160. The van der Waals surface area contributed by atoms with Crippen LogP contribution in [0, 0.1) is 0 Å². The summed E-state index contributed by atoms with van der Waals surface area (Å²) in [7, 11) is 1.38. The Morgan fingerprint density at radius 2 is 1.57 bits per heavy atom. The molecular formula is C25H16F6O4. The number of hydrogen-bond donors (Lipinski definition) is 1. The zero-order valence-electron chi connectivity index (χ0n) is 17.9. The summed E-state index contributed by atoms with van der Waals surface area (Å²) in [6.45, 7) is 0. The molecule has 0 aliphatic heterocycles. The first-order chi connectivity index (χ1) is 16.4. The minimum Gasteiger partial charge on any atom is -0.508 e. The van der Waals surface area contributed by atoms with Crippen LogP contribution in [-0.2, 0) is 18.8 Å². The predicted octanol–water partition coefficient (Wildman–Crippen LogP) is 6.80. The van der Waals surface area contributed by atoms with Gasteiger partial charge in [0.05, 0.1) is 23.8 Å². The van der Waals surface area contributed by atoms with E-state index in [1.807, 2.05) is 0 Å². The van der Waals surface area contributed by atoms with E-state index in [2.05, 4.69) is 0 Å². The maximum absolute atomic E-state index is 13.9. The Kier molecular flexibility index (Phi) is 6.00. The molecule has 0 radical (unpaired) electrons. The Morgan fingerprint density at radius 1 is 0.886 bits per heavy atom. The molecule has 0 unspecified atom stereocenters. The van der Waals surface area contributed by atoms with Gasteiger partial charge in [0.1, 0.15) is 17.1 Å². The molecule has 0 atom stereocenters. The third-order valence-corrected chi connectivity index (χ3v) is 5.46. The lowest BCUT2D eigenvalue weighted by Crippen LogP contribution is -2.16. The van der Waals surface area contributed by atoms with Crippen LogP contribution in [0.1, 0.15) is 22.3 Å². The maximum atomic E-state index is 13.9. The van der Waals surface area contributed by atoms with E-state index in [1.165, 1.54) is 49.6 Å². The number of alkyl halides is 6. The zero-order chi connectivity index (χ0) is 25.5.